The van der Waals surface area contributed by atoms with Gasteiger partial charge in [0, 0.05) is 47.6 Å². The maximum Gasteiger partial charge on any atom is 0.245 e. The number of ether oxygens (including phenoxy) is 2. The van der Waals surface area contributed by atoms with Crippen molar-refractivity contribution in [3.05, 3.63) is 59.8 Å². The van der Waals surface area contributed by atoms with Crippen LogP contribution in [0.15, 0.2) is 48.7 Å². The molecule has 1 aromatic heterocycles. The molecule has 0 spiro atoms. The molecule has 1 aliphatic heterocycles. The summed E-state index contributed by atoms with van der Waals surface area (Å²) in [5.41, 5.74) is 1.71. The molecule has 2 aromatic rings. The van der Waals surface area contributed by atoms with Crippen LogP contribution in [0.25, 0.3) is 0 Å². The van der Waals surface area contributed by atoms with E-state index in [9.17, 15) is 24.3 Å². The molecule has 4 N–H and O–H groups in total. The van der Waals surface area contributed by atoms with Crippen LogP contribution in [-0.4, -0.2) is 133 Å². The van der Waals surface area contributed by atoms with Gasteiger partial charge in [-0.05, 0) is 67.8 Å². The summed E-state index contributed by atoms with van der Waals surface area (Å²) in [5, 5.41) is 20.0. The Labute approximate surface area is 359 Å². The maximum absolute atomic E-state index is 14.5. The molecule has 336 valence electrons. The molecule has 14 nitrogen and oxygen atoms in total. The lowest BCUT2D eigenvalue weighted by Crippen LogP contribution is -2.60. The van der Waals surface area contributed by atoms with E-state index >= 15 is 0 Å². The van der Waals surface area contributed by atoms with Gasteiger partial charge in [-0.2, -0.15) is 0 Å². The highest BCUT2D eigenvalue weighted by molar-refractivity contribution is 5.90. The molecule has 1 saturated heterocycles. The summed E-state index contributed by atoms with van der Waals surface area (Å²) in [7, 11) is 8.58. The molecule has 2 heterocycles. The van der Waals surface area contributed by atoms with E-state index in [1.807, 2.05) is 103 Å². The molecule has 0 aliphatic carbocycles. The average Bonchev–Trinajstić information content (AvgIpc) is 3.71. The van der Waals surface area contributed by atoms with Crippen LogP contribution >= 0.6 is 0 Å². The molecule has 0 unspecified atom stereocenters. The zero-order chi connectivity index (χ0) is 44.8. The fraction of sp³-hybridized carbons (Fsp3) is 0.674. The Hall–Kier alpha value is -4.11. The quantitative estimate of drug-likeness (QED) is 0.121. The number of hydrogen-bond acceptors (Lipinski definition) is 10. The largest absolute Gasteiger partial charge is 0.386 e. The van der Waals surface area contributed by atoms with E-state index in [2.05, 4.69) is 20.9 Å². The number of aliphatic hydroxyl groups is 1. The van der Waals surface area contributed by atoms with Gasteiger partial charge in [-0.3, -0.25) is 24.1 Å². The Morgan fingerprint density at radius 2 is 1.60 bits per heavy atom. The van der Waals surface area contributed by atoms with E-state index in [0.717, 1.165) is 24.2 Å². The van der Waals surface area contributed by atoms with Crippen LogP contribution in [0, 0.1) is 23.7 Å². The predicted octanol–water partition coefficient (Wildman–Crippen LogP) is 4.88. The first-order valence-electron chi connectivity index (χ1n) is 21.7. The van der Waals surface area contributed by atoms with Crippen LogP contribution in [0.2, 0.25) is 0 Å². The van der Waals surface area contributed by atoms with Crippen molar-refractivity contribution in [1.82, 2.24) is 30.3 Å². The fourth-order valence-electron chi connectivity index (χ4n) is 8.76. The van der Waals surface area contributed by atoms with E-state index in [1.165, 1.54) is 0 Å². The summed E-state index contributed by atoms with van der Waals surface area (Å²) in [6.07, 6.45) is 1.77. The van der Waals surface area contributed by atoms with Gasteiger partial charge >= 0.3 is 0 Å². The Morgan fingerprint density at radius 1 is 0.933 bits per heavy atom. The third kappa shape index (κ3) is 13.0. The number of aliphatic hydroxyl groups excluding tert-OH is 1. The topological polar surface area (TPSA) is 166 Å². The van der Waals surface area contributed by atoms with Gasteiger partial charge in [0.15, 0.2) is 0 Å². The van der Waals surface area contributed by atoms with Crippen LogP contribution in [0.1, 0.15) is 98.3 Å². The third-order valence-electron chi connectivity index (χ3n) is 12.4. The smallest absolute Gasteiger partial charge is 0.245 e. The minimum absolute atomic E-state index is 0.0140. The SMILES string of the molecule is CC[C@H](C)[C@@H]([C@@H](CC(=O)N1CCC[C@H]1[C@H](OC)[C@@H](C)C(=O)N[C@H](C)[C@@H](O)c1ccccc1)OC)N(C)C(=O)[C@@H](NC(=O)[C@H](C(C)C)N(C)Cc1ccnc(NC)c1)C(C)C. The molecule has 14 heteroatoms. The lowest BCUT2D eigenvalue weighted by molar-refractivity contribution is -0.148. The number of hydrogen-bond donors (Lipinski definition) is 4. The number of aromatic nitrogens is 1. The molecule has 0 radical (unpaired) electrons. The minimum Gasteiger partial charge on any atom is -0.386 e. The van der Waals surface area contributed by atoms with Crippen LogP contribution in [0.4, 0.5) is 5.82 Å². The normalized spacial score (nSPS) is 18.9. The van der Waals surface area contributed by atoms with E-state index in [-0.39, 0.29) is 53.8 Å². The van der Waals surface area contributed by atoms with Crippen molar-refractivity contribution in [1.29, 1.82) is 0 Å². The zero-order valence-electron chi connectivity index (χ0n) is 38.5. The van der Waals surface area contributed by atoms with Gasteiger partial charge in [0.05, 0.1) is 54.8 Å². The van der Waals surface area contributed by atoms with Crippen LogP contribution < -0.4 is 16.0 Å². The third-order valence-corrected chi connectivity index (χ3v) is 12.4. The summed E-state index contributed by atoms with van der Waals surface area (Å²) in [4.78, 5) is 66.3. The molecular weight excluding hydrogens is 763 g/mol. The molecule has 10 atom stereocenters. The summed E-state index contributed by atoms with van der Waals surface area (Å²) < 4.78 is 12.0. The molecule has 1 aliphatic rings. The second-order valence-corrected chi connectivity index (χ2v) is 17.4. The van der Waals surface area contributed by atoms with Gasteiger partial charge in [-0.15, -0.1) is 0 Å². The highest BCUT2D eigenvalue weighted by atomic mass is 16.5. The number of rotatable bonds is 23. The van der Waals surface area contributed by atoms with Crippen molar-refractivity contribution in [2.45, 2.75) is 136 Å². The lowest BCUT2D eigenvalue weighted by atomic mass is 9.89. The number of benzene rings is 1. The Kier molecular flexibility index (Phi) is 19.9. The first kappa shape index (κ1) is 50.2. The molecule has 3 rings (SSSR count). The van der Waals surface area contributed by atoms with Gasteiger partial charge in [0.1, 0.15) is 11.9 Å². The van der Waals surface area contributed by atoms with Gasteiger partial charge in [0.25, 0.3) is 0 Å². The van der Waals surface area contributed by atoms with Crippen molar-refractivity contribution in [3.8, 4) is 0 Å². The number of nitrogens with zero attached hydrogens (tertiary/aromatic N) is 4. The van der Waals surface area contributed by atoms with Gasteiger partial charge < -0.3 is 40.3 Å². The van der Waals surface area contributed by atoms with Crippen LogP contribution in [0.3, 0.4) is 0 Å². The molecule has 0 saturated carbocycles. The Balaban J connectivity index is 1.77. The highest BCUT2D eigenvalue weighted by Crippen LogP contribution is 2.30. The first-order valence-corrected chi connectivity index (χ1v) is 21.7. The molecular formula is C46H75N7O7. The molecule has 4 amide bonds. The Morgan fingerprint density at radius 3 is 2.17 bits per heavy atom. The number of anilines is 1. The number of likely N-dealkylation sites (tertiary alicyclic amines) is 1. The van der Waals surface area contributed by atoms with E-state index < -0.39 is 48.4 Å². The number of carbonyl (C=O) groups excluding carboxylic acids is 4. The number of amides is 4. The van der Waals surface area contributed by atoms with Crippen molar-refractivity contribution >= 4 is 29.4 Å². The monoisotopic (exact) mass is 838 g/mol. The van der Waals surface area contributed by atoms with Crippen LogP contribution in [-0.2, 0) is 35.2 Å². The maximum atomic E-state index is 14.5. The number of pyridine rings is 1. The summed E-state index contributed by atoms with van der Waals surface area (Å²) in [6, 6.07) is 10.4. The number of likely N-dealkylation sites (N-methyl/N-ethyl adjacent to an activating group) is 2. The highest BCUT2D eigenvalue weighted by Gasteiger charge is 2.43. The fourth-order valence-corrected chi connectivity index (χ4v) is 8.76. The van der Waals surface area contributed by atoms with E-state index in [4.69, 9.17) is 9.47 Å². The summed E-state index contributed by atoms with van der Waals surface area (Å²) >= 11 is 0. The number of nitrogens with one attached hydrogen (secondary N) is 3. The van der Waals surface area contributed by atoms with Crippen molar-refractivity contribution in [2.75, 3.05) is 47.2 Å². The van der Waals surface area contributed by atoms with Crippen molar-refractivity contribution in [2.24, 2.45) is 23.7 Å². The number of carbonyl (C=O) groups is 4. The standard InChI is InChI=1S/C46H75N7O7/c1-14-30(6)41(52(11)46(58)39(28(2)3)50-45(57)40(29(4)5)51(10)27-33-22-23-48-37(25-33)47-9)36(59-12)26-38(54)53-24-18-21-35(53)43(60-13)31(7)44(56)49-32(8)42(55)34-19-16-15-17-20-34/h15-17,19-20,22-23,25,28-32,35-36,39-43,55H,14,18,21,24,26-27H2,1-13H3,(H,47,48)(H,49,56)(H,50,57)/t30-,31+,32+,35-,36+,39-,40-,41-,42+,43+/m0/s1. The van der Waals surface area contributed by atoms with E-state index in [1.54, 1.807) is 51.1 Å². The molecule has 1 fully saturated rings. The molecule has 0 bridgehead atoms. The van der Waals surface area contributed by atoms with Gasteiger partial charge in [0.2, 0.25) is 23.6 Å². The van der Waals surface area contributed by atoms with Crippen molar-refractivity contribution < 1.29 is 33.8 Å². The average molecular weight is 838 g/mol. The molecule has 60 heavy (non-hydrogen) atoms. The molecule has 1 aromatic carbocycles. The van der Waals surface area contributed by atoms with Crippen molar-refractivity contribution in [3.63, 3.8) is 0 Å². The zero-order valence-corrected chi connectivity index (χ0v) is 38.5. The Bertz CT molecular complexity index is 1660. The lowest BCUT2D eigenvalue weighted by Gasteiger charge is -2.41. The minimum atomic E-state index is -0.886. The number of methoxy groups -OCH3 is 2. The predicted molar refractivity (Wildman–Crippen MR) is 236 cm³/mol. The van der Waals surface area contributed by atoms with Crippen LogP contribution in [0.5, 0.6) is 0 Å². The second-order valence-electron chi connectivity index (χ2n) is 17.4. The first-order chi connectivity index (χ1) is 28.4. The second kappa shape index (κ2) is 23.8. The summed E-state index contributed by atoms with van der Waals surface area (Å²) in [6.45, 7) is 16.5. The van der Waals surface area contributed by atoms with Gasteiger partial charge in [-0.25, -0.2) is 4.98 Å². The van der Waals surface area contributed by atoms with E-state index in [0.29, 0.717) is 25.1 Å². The van der Waals surface area contributed by atoms with Gasteiger partial charge in [-0.1, -0.05) is 85.2 Å². The summed E-state index contributed by atoms with van der Waals surface area (Å²) in [5.74, 6) is -1.08.